The second kappa shape index (κ2) is 4.85. The number of aromatic amines is 1. The van der Waals surface area contributed by atoms with Crippen molar-refractivity contribution in [2.45, 2.75) is 25.3 Å². The van der Waals surface area contributed by atoms with Crippen LogP contribution in [0.5, 0.6) is 0 Å². The first-order valence-electron chi connectivity index (χ1n) is 6.30. The maximum Gasteiger partial charge on any atom is 0.268 e. The van der Waals surface area contributed by atoms with Crippen molar-refractivity contribution in [3.8, 4) is 0 Å². The molecule has 1 aliphatic carbocycles. The zero-order valence-corrected chi connectivity index (χ0v) is 12.2. The van der Waals surface area contributed by atoms with Crippen LogP contribution in [0.4, 0.5) is 0 Å². The maximum atomic E-state index is 12.2. The van der Waals surface area contributed by atoms with Crippen molar-refractivity contribution in [3.63, 3.8) is 0 Å². The molecule has 19 heavy (non-hydrogen) atoms. The highest BCUT2D eigenvalue weighted by Gasteiger charge is 2.25. The van der Waals surface area contributed by atoms with Crippen molar-refractivity contribution >= 4 is 21.8 Å². The Morgan fingerprint density at radius 1 is 1.63 bits per heavy atom. The van der Waals surface area contributed by atoms with Gasteiger partial charge in [0.2, 0.25) is 0 Å². The molecule has 0 saturated heterocycles. The van der Waals surface area contributed by atoms with E-state index in [4.69, 9.17) is 0 Å². The topological polar surface area (TPSA) is 62.7 Å². The number of aryl methyl sites for hydroxylation is 1. The van der Waals surface area contributed by atoms with E-state index < -0.39 is 0 Å². The van der Waals surface area contributed by atoms with Crippen LogP contribution in [0.3, 0.4) is 0 Å². The molecule has 0 fully saturated rings. The first-order valence-corrected chi connectivity index (χ1v) is 7.10. The molecule has 0 spiro atoms. The van der Waals surface area contributed by atoms with Crippen molar-refractivity contribution in [2.24, 2.45) is 7.05 Å². The normalized spacial score (nSPS) is 18.1. The lowest BCUT2D eigenvalue weighted by molar-refractivity contribution is 0.0928. The Kier molecular flexibility index (Phi) is 3.18. The van der Waals surface area contributed by atoms with Crippen LogP contribution in [0, 0.1) is 0 Å². The monoisotopic (exact) mass is 322 g/mol. The van der Waals surface area contributed by atoms with Crippen LogP contribution in [0.15, 0.2) is 22.9 Å². The fourth-order valence-corrected chi connectivity index (χ4v) is 2.93. The molecule has 0 saturated carbocycles. The molecule has 2 N–H and O–H groups in total. The number of fused-ring (bicyclic) bond motifs is 1. The van der Waals surface area contributed by atoms with Crippen LogP contribution >= 0.6 is 15.9 Å². The van der Waals surface area contributed by atoms with Crippen molar-refractivity contribution < 1.29 is 4.79 Å². The van der Waals surface area contributed by atoms with Gasteiger partial charge >= 0.3 is 0 Å². The largest absolute Gasteiger partial charge is 0.356 e. The highest BCUT2D eigenvalue weighted by atomic mass is 79.9. The number of amides is 1. The summed E-state index contributed by atoms with van der Waals surface area (Å²) in [6.07, 6.45) is 6.69. The van der Waals surface area contributed by atoms with Crippen LogP contribution < -0.4 is 5.32 Å². The summed E-state index contributed by atoms with van der Waals surface area (Å²) in [6, 6.07) is 1.84. The molecule has 0 radical (unpaired) electrons. The summed E-state index contributed by atoms with van der Waals surface area (Å²) >= 11 is 3.33. The number of carbonyl (C=O) groups is 1. The zero-order chi connectivity index (χ0) is 13.4. The van der Waals surface area contributed by atoms with Gasteiger partial charge in [-0.15, -0.1) is 0 Å². The van der Waals surface area contributed by atoms with E-state index in [9.17, 15) is 4.79 Å². The average molecular weight is 323 g/mol. The molecule has 1 amide bonds. The van der Waals surface area contributed by atoms with E-state index in [1.165, 1.54) is 5.69 Å². The molecule has 2 aromatic heterocycles. The number of rotatable bonds is 2. The first-order chi connectivity index (χ1) is 9.15. The van der Waals surface area contributed by atoms with E-state index in [0.29, 0.717) is 5.69 Å². The van der Waals surface area contributed by atoms with E-state index in [1.54, 1.807) is 12.3 Å². The van der Waals surface area contributed by atoms with Crippen LogP contribution in [-0.2, 0) is 13.5 Å². The predicted octanol–water partition coefficient (Wildman–Crippen LogP) is 2.32. The van der Waals surface area contributed by atoms with Crippen molar-refractivity contribution in [1.29, 1.82) is 0 Å². The van der Waals surface area contributed by atoms with Gasteiger partial charge in [0.15, 0.2) is 0 Å². The minimum absolute atomic E-state index is 0.0621. The molecule has 0 bridgehead atoms. The molecule has 3 rings (SSSR count). The average Bonchev–Trinajstić information content (AvgIpc) is 2.98. The summed E-state index contributed by atoms with van der Waals surface area (Å²) in [5, 5.41) is 7.36. The van der Waals surface area contributed by atoms with Gasteiger partial charge in [-0.25, -0.2) is 0 Å². The van der Waals surface area contributed by atoms with E-state index in [-0.39, 0.29) is 11.9 Å². The fraction of sp³-hybridized carbons (Fsp3) is 0.385. The molecule has 1 unspecified atom stereocenters. The number of hydrogen-bond donors (Lipinski definition) is 2. The number of aromatic nitrogens is 3. The van der Waals surface area contributed by atoms with Gasteiger partial charge < -0.3 is 10.3 Å². The first kappa shape index (κ1) is 12.5. The number of carbonyl (C=O) groups excluding carboxylic acids is 1. The quantitative estimate of drug-likeness (QED) is 0.891. The van der Waals surface area contributed by atoms with E-state index in [2.05, 4.69) is 31.3 Å². The lowest BCUT2D eigenvalue weighted by atomic mass is 9.93. The summed E-state index contributed by atoms with van der Waals surface area (Å²) in [4.78, 5) is 15.1. The molecule has 0 aromatic carbocycles. The molecule has 2 heterocycles. The fourth-order valence-electron chi connectivity index (χ4n) is 2.59. The third kappa shape index (κ3) is 2.32. The summed E-state index contributed by atoms with van der Waals surface area (Å²) < 4.78 is 2.78. The predicted molar refractivity (Wildman–Crippen MR) is 74.8 cm³/mol. The molecular formula is C13H15BrN4O. The second-order valence-electron chi connectivity index (χ2n) is 4.82. The molecule has 1 aliphatic rings. The summed E-state index contributed by atoms with van der Waals surface area (Å²) in [5.74, 6) is -0.0765. The van der Waals surface area contributed by atoms with Gasteiger partial charge in [0, 0.05) is 29.0 Å². The highest BCUT2D eigenvalue weighted by molar-refractivity contribution is 9.10. The molecule has 0 aliphatic heterocycles. The number of nitrogens with one attached hydrogen (secondary N) is 2. The Morgan fingerprint density at radius 3 is 3.21 bits per heavy atom. The van der Waals surface area contributed by atoms with Crippen molar-refractivity contribution in [2.75, 3.05) is 0 Å². The number of H-pyrrole nitrogens is 1. The minimum atomic E-state index is -0.0765. The maximum absolute atomic E-state index is 12.2. The lowest BCUT2D eigenvalue weighted by Gasteiger charge is -2.23. The van der Waals surface area contributed by atoms with Crippen molar-refractivity contribution in [3.05, 3.63) is 39.9 Å². The SMILES string of the molecule is Cn1ncc2c1CCCC2NC(=O)c1cc(Br)c[nH]1. The van der Waals surface area contributed by atoms with E-state index in [0.717, 1.165) is 29.3 Å². The molecule has 5 nitrogen and oxygen atoms in total. The van der Waals surface area contributed by atoms with Gasteiger partial charge in [0.1, 0.15) is 5.69 Å². The van der Waals surface area contributed by atoms with Crippen LogP contribution in [0.25, 0.3) is 0 Å². The lowest BCUT2D eigenvalue weighted by Crippen LogP contribution is -2.31. The van der Waals surface area contributed by atoms with Crippen LogP contribution in [0.2, 0.25) is 0 Å². The number of nitrogens with zero attached hydrogens (tertiary/aromatic N) is 2. The van der Waals surface area contributed by atoms with Crippen LogP contribution in [-0.4, -0.2) is 20.7 Å². The van der Waals surface area contributed by atoms with E-state index in [1.807, 2.05) is 17.9 Å². The van der Waals surface area contributed by atoms with Gasteiger partial charge in [-0.2, -0.15) is 5.10 Å². The number of halogens is 1. The van der Waals surface area contributed by atoms with Gasteiger partial charge in [0.25, 0.3) is 5.91 Å². The third-order valence-corrected chi connectivity index (χ3v) is 4.03. The standard InChI is InChI=1S/C13H15BrN4O/c1-18-12-4-2-3-10(9(12)7-16-18)17-13(19)11-5-8(14)6-15-11/h5-7,10,15H,2-4H2,1H3,(H,17,19). The Balaban J connectivity index is 1.79. The molecular weight excluding hydrogens is 308 g/mol. The van der Waals surface area contributed by atoms with Crippen molar-refractivity contribution in [1.82, 2.24) is 20.1 Å². The van der Waals surface area contributed by atoms with Gasteiger partial charge in [0.05, 0.1) is 12.2 Å². The molecule has 1 atom stereocenters. The van der Waals surface area contributed by atoms with Crippen LogP contribution in [0.1, 0.15) is 40.6 Å². The summed E-state index contributed by atoms with van der Waals surface area (Å²) in [5.41, 5.74) is 2.94. The third-order valence-electron chi connectivity index (χ3n) is 3.57. The molecule has 100 valence electrons. The van der Waals surface area contributed by atoms with Gasteiger partial charge in [-0.05, 0) is 41.3 Å². The Morgan fingerprint density at radius 2 is 2.47 bits per heavy atom. The minimum Gasteiger partial charge on any atom is -0.356 e. The second-order valence-corrected chi connectivity index (χ2v) is 5.74. The Hall–Kier alpha value is -1.56. The molecule has 6 heteroatoms. The van der Waals surface area contributed by atoms with E-state index >= 15 is 0 Å². The molecule has 2 aromatic rings. The highest BCUT2D eigenvalue weighted by Crippen LogP contribution is 2.29. The smallest absolute Gasteiger partial charge is 0.268 e. The summed E-state index contributed by atoms with van der Waals surface area (Å²) in [6.45, 7) is 0. The zero-order valence-electron chi connectivity index (χ0n) is 10.6. The number of hydrogen-bond acceptors (Lipinski definition) is 2. The summed E-state index contributed by atoms with van der Waals surface area (Å²) in [7, 11) is 1.95. The Labute approximate surface area is 119 Å². The van der Waals surface area contributed by atoms with Gasteiger partial charge in [-0.1, -0.05) is 0 Å². The Bertz CT molecular complexity index is 616. The van der Waals surface area contributed by atoms with Gasteiger partial charge in [-0.3, -0.25) is 9.48 Å².